The third kappa shape index (κ3) is 1.92. The second-order valence-corrected chi connectivity index (χ2v) is 4.37. The van der Waals surface area contributed by atoms with Crippen LogP contribution < -0.4 is 0 Å². The van der Waals surface area contributed by atoms with E-state index in [0.29, 0.717) is 5.69 Å². The van der Waals surface area contributed by atoms with E-state index in [9.17, 15) is 0 Å². The number of hydrogen-bond acceptors (Lipinski definition) is 3. The van der Waals surface area contributed by atoms with Gasteiger partial charge in [0.25, 0.3) is 0 Å². The number of aromatic nitrogens is 3. The van der Waals surface area contributed by atoms with Gasteiger partial charge in [-0.15, -0.1) is 5.10 Å². The lowest BCUT2D eigenvalue weighted by Gasteiger charge is -2.14. The largest absolute Gasteiger partial charge is 0.234 e. The molecule has 0 saturated carbocycles. The van der Waals surface area contributed by atoms with Gasteiger partial charge in [-0.05, 0) is 6.42 Å². The Kier molecular flexibility index (Phi) is 2.90. The molecule has 4 heteroatoms. The van der Waals surface area contributed by atoms with Crippen molar-refractivity contribution in [2.45, 2.75) is 46.1 Å². The number of nitriles is 1. The smallest absolute Gasteiger partial charge is 0.162 e. The van der Waals surface area contributed by atoms with Crippen molar-refractivity contribution in [3.8, 4) is 6.07 Å². The number of hydrogen-bond donors (Lipinski definition) is 0. The van der Waals surface area contributed by atoms with Gasteiger partial charge < -0.3 is 0 Å². The van der Waals surface area contributed by atoms with E-state index in [2.05, 4.69) is 23.3 Å². The van der Waals surface area contributed by atoms with Crippen molar-refractivity contribution in [3.63, 3.8) is 0 Å². The molecule has 0 N–H and O–H groups in total. The minimum atomic E-state index is -0.114. The van der Waals surface area contributed by atoms with Crippen molar-refractivity contribution in [3.05, 3.63) is 11.4 Å². The molecule has 1 rings (SSSR count). The molecule has 0 radical (unpaired) electrons. The summed E-state index contributed by atoms with van der Waals surface area (Å²) in [6.45, 7) is 8.92. The lowest BCUT2D eigenvalue weighted by Crippen LogP contribution is -2.14. The summed E-state index contributed by atoms with van der Waals surface area (Å²) in [4.78, 5) is 0. The van der Waals surface area contributed by atoms with Crippen LogP contribution in [0.1, 0.15) is 45.5 Å². The van der Waals surface area contributed by atoms with Crippen LogP contribution >= 0.6 is 0 Å². The van der Waals surface area contributed by atoms with Crippen LogP contribution in [-0.2, 0) is 12.0 Å². The molecular weight excluding hydrogens is 176 g/mol. The van der Waals surface area contributed by atoms with Gasteiger partial charge in [0.1, 0.15) is 11.8 Å². The summed E-state index contributed by atoms with van der Waals surface area (Å²) < 4.78 is 1.68. The standard InChI is InChI=1S/C10H16N4/c1-5-6-14-8(7-11)9(12-13-14)10(2,3)4/h5-6H2,1-4H3. The molecule has 0 spiro atoms. The van der Waals surface area contributed by atoms with Crippen LogP contribution in [0.25, 0.3) is 0 Å². The quantitative estimate of drug-likeness (QED) is 0.718. The SMILES string of the molecule is CCCn1nnc(C(C)(C)C)c1C#N. The third-order valence-electron chi connectivity index (χ3n) is 1.99. The summed E-state index contributed by atoms with van der Waals surface area (Å²) in [7, 11) is 0. The first-order valence-corrected chi connectivity index (χ1v) is 4.84. The highest BCUT2D eigenvalue weighted by Crippen LogP contribution is 2.22. The van der Waals surface area contributed by atoms with Crippen molar-refractivity contribution in [1.82, 2.24) is 15.0 Å². The Morgan fingerprint density at radius 1 is 1.43 bits per heavy atom. The maximum atomic E-state index is 9.03. The maximum absolute atomic E-state index is 9.03. The number of rotatable bonds is 2. The number of nitrogens with zero attached hydrogens (tertiary/aromatic N) is 4. The van der Waals surface area contributed by atoms with Crippen molar-refractivity contribution < 1.29 is 0 Å². The molecule has 14 heavy (non-hydrogen) atoms. The van der Waals surface area contributed by atoms with Crippen LogP contribution in [0.3, 0.4) is 0 Å². The van der Waals surface area contributed by atoms with Crippen LogP contribution in [-0.4, -0.2) is 15.0 Å². The minimum absolute atomic E-state index is 0.114. The van der Waals surface area contributed by atoms with E-state index in [4.69, 9.17) is 5.26 Å². The van der Waals surface area contributed by atoms with Crippen LogP contribution in [0.5, 0.6) is 0 Å². The Bertz CT molecular complexity index is 351. The maximum Gasteiger partial charge on any atom is 0.162 e. The molecule has 0 aliphatic heterocycles. The monoisotopic (exact) mass is 192 g/mol. The molecule has 0 amide bonds. The zero-order chi connectivity index (χ0) is 10.8. The van der Waals surface area contributed by atoms with Crippen molar-refractivity contribution in [1.29, 1.82) is 5.26 Å². The second-order valence-electron chi connectivity index (χ2n) is 4.37. The molecule has 0 unspecified atom stereocenters. The molecule has 0 bridgehead atoms. The van der Waals surface area contributed by atoms with Gasteiger partial charge in [0.15, 0.2) is 5.69 Å². The van der Waals surface area contributed by atoms with Crippen LogP contribution in [0.15, 0.2) is 0 Å². The fourth-order valence-corrected chi connectivity index (χ4v) is 1.30. The van der Waals surface area contributed by atoms with E-state index < -0.39 is 0 Å². The fraction of sp³-hybridized carbons (Fsp3) is 0.700. The Labute approximate surface area is 84.5 Å². The normalized spacial score (nSPS) is 11.4. The molecule has 0 fully saturated rings. The molecular formula is C10H16N4. The summed E-state index contributed by atoms with van der Waals surface area (Å²) >= 11 is 0. The van der Waals surface area contributed by atoms with E-state index in [1.807, 2.05) is 20.8 Å². The lowest BCUT2D eigenvalue weighted by atomic mass is 9.91. The summed E-state index contributed by atoms with van der Waals surface area (Å²) in [5, 5.41) is 17.1. The average Bonchev–Trinajstić information content (AvgIpc) is 2.47. The van der Waals surface area contributed by atoms with Gasteiger partial charge in [-0.1, -0.05) is 32.9 Å². The Morgan fingerprint density at radius 2 is 2.07 bits per heavy atom. The first-order chi connectivity index (χ1) is 6.50. The van der Waals surface area contributed by atoms with Crippen LogP contribution in [0.4, 0.5) is 0 Å². The van der Waals surface area contributed by atoms with Crippen molar-refractivity contribution in [2.75, 3.05) is 0 Å². The molecule has 1 aromatic heterocycles. The molecule has 0 aliphatic rings. The zero-order valence-corrected chi connectivity index (χ0v) is 9.20. The van der Waals surface area contributed by atoms with Gasteiger partial charge in [0, 0.05) is 12.0 Å². The van der Waals surface area contributed by atoms with Crippen molar-refractivity contribution in [2.24, 2.45) is 0 Å². The molecule has 1 heterocycles. The highest BCUT2D eigenvalue weighted by Gasteiger charge is 2.24. The molecule has 76 valence electrons. The minimum Gasteiger partial charge on any atom is -0.234 e. The van der Waals surface area contributed by atoms with Crippen molar-refractivity contribution >= 4 is 0 Å². The molecule has 4 nitrogen and oxygen atoms in total. The summed E-state index contributed by atoms with van der Waals surface area (Å²) in [6.07, 6.45) is 0.960. The van der Waals surface area contributed by atoms with Crippen LogP contribution in [0, 0.1) is 11.3 Å². The van der Waals surface area contributed by atoms with E-state index in [0.717, 1.165) is 18.7 Å². The van der Waals surface area contributed by atoms with E-state index >= 15 is 0 Å². The van der Waals surface area contributed by atoms with Gasteiger partial charge in [0.2, 0.25) is 0 Å². The lowest BCUT2D eigenvalue weighted by molar-refractivity contribution is 0.564. The summed E-state index contributed by atoms with van der Waals surface area (Å²) in [6, 6.07) is 2.17. The number of aryl methyl sites for hydroxylation is 1. The zero-order valence-electron chi connectivity index (χ0n) is 9.20. The fourth-order valence-electron chi connectivity index (χ4n) is 1.30. The first kappa shape index (κ1) is 10.7. The molecule has 0 saturated heterocycles. The molecule has 0 atom stereocenters. The first-order valence-electron chi connectivity index (χ1n) is 4.84. The van der Waals surface area contributed by atoms with Gasteiger partial charge in [-0.2, -0.15) is 5.26 Å². The Balaban J connectivity index is 3.16. The third-order valence-corrected chi connectivity index (χ3v) is 1.99. The van der Waals surface area contributed by atoms with Gasteiger partial charge in [-0.25, -0.2) is 4.68 Å². The highest BCUT2D eigenvalue weighted by atomic mass is 15.4. The average molecular weight is 192 g/mol. The summed E-state index contributed by atoms with van der Waals surface area (Å²) in [5.41, 5.74) is 1.27. The van der Waals surface area contributed by atoms with Crippen LogP contribution in [0.2, 0.25) is 0 Å². The Morgan fingerprint density at radius 3 is 2.50 bits per heavy atom. The van der Waals surface area contributed by atoms with Gasteiger partial charge >= 0.3 is 0 Å². The highest BCUT2D eigenvalue weighted by molar-refractivity contribution is 5.30. The molecule has 0 aromatic carbocycles. The van der Waals surface area contributed by atoms with E-state index in [-0.39, 0.29) is 5.41 Å². The van der Waals surface area contributed by atoms with Gasteiger partial charge in [0.05, 0.1) is 0 Å². The molecule has 1 aromatic rings. The van der Waals surface area contributed by atoms with Gasteiger partial charge in [-0.3, -0.25) is 0 Å². The van der Waals surface area contributed by atoms with E-state index in [1.54, 1.807) is 4.68 Å². The Hall–Kier alpha value is -1.37. The predicted molar refractivity (Wildman–Crippen MR) is 53.7 cm³/mol. The summed E-state index contributed by atoms with van der Waals surface area (Å²) in [5.74, 6) is 0. The van der Waals surface area contributed by atoms with E-state index in [1.165, 1.54) is 0 Å². The predicted octanol–water partition coefficient (Wildman–Crippen LogP) is 1.86. The topological polar surface area (TPSA) is 54.5 Å². The second kappa shape index (κ2) is 3.79. The molecule has 0 aliphatic carbocycles.